The Labute approximate surface area is 276 Å². The molecule has 14 heteroatoms. The van der Waals surface area contributed by atoms with Crippen molar-refractivity contribution in [1.82, 2.24) is 14.5 Å². The lowest BCUT2D eigenvalue weighted by Gasteiger charge is -2.60. The van der Waals surface area contributed by atoms with Crippen LogP contribution in [0.25, 0.3) is 17.1 Å². The van der Waals surface area contributed by atoms with Crippen LogP contribution in [0.3, 0.4) is 0 Å². The molecule has 6 rings (SSSR count). The lowest BCUT2D eigenvalue weighted by molar-refractivity contribution is -0.329. The fraction of sp³-hybridized carbons (Fsp3) is 0.559. The van der Waals surface area contributed by atoms with Crippen LogP contribution >= 0.6 is 0 Å². The highest BCUT2D eigenvalue weighted by molar-refractivity contribution is 5.97. The van der Waals surface area contributed by atoms with Gasteiger partial charge in [0.25, 0.3) is 5.56 Å². The number of ether oxygens (including phenoxy) is 3. The van der Waals surface area contributed by atoms with Gasteiger partial charge in [-0.3, -0.25) is 9.78 Å². The van der Waals surface area contributed by atoms with Gasteiger partial charge >= 0.3 is 5.97 Å². The Bertz CT molecular complexity index is 1760. The number of aromatic nitrogens is 3. The van der Waals surface area contributed by atoms with Crippen LogP contribution in [-0.4, -0.2) is 96.1 Å². The Morgan fingerprint density at radius 2 is 1.94 bits per heavy atom. The predicted octanol–water partition coefficient (Wildman–Crippen LogP) is 0.790. The number of cyclic esters (lactones) is 1. The maximum Gasteiger partial charge on any atom is 0.343 e. The molecule has 3 fully saturated rings. The fourth-order valence-corrected chi connectivity index (χ4v) is 8.43. The summed E-state index contributed by atoms with van der Waals surface area (Å²) in [6.07, 6.45) is 3.60. The van der Waals surface area contributed by atoms with Crippen LogP contribution < -0.4 is 11.3 Å². The number of fused-ring (bicyclic) bond motifs is 2. The summed E-state index contributed by atoms with van der Waals surface area (Å²) in [5, 5.41) is 51.9. The highest BCUT2D eigenvalue weighted by atomic mass is 16.7. The zero-order valence-corrected chi connectivity index (χ0v) is 27.2. The van der Waals surface area contributed by atoms with Gasteiger partial charge in [-0.2, -0.15) is 4.98 Å². The Hall–Kier alpha value is -3.63. The molecule has 8 N–H and O–H groups in total. The number of esters is 1. The maximum atomic E-state index is 12.9. The molecule has 0 amide bonds. The number of nitrogen functional groups attached to an aromatic ring is 1. The van der Waals surface area contributed by atoms with Crippen molar-refractivity contribution in [3.63, 3.8) is 0 Å². The minimum absolute atomic E-state index is 0.00173. The first-order valence-corrected chi connectivity index (χ1v) is 16.1. The second-order valence-corrected chi connectivity index (χ2v) is 14.0. The molecule has 0 spiro atoms. The van der Waals surface area contributed by atoms with Crippen LogP contribution in [0.4, 0.5) is 5.95 Å². The number of H-pyrrole nitrogens is 1. The van der Waals surface area contributed by atoms with E-state index in [2.05, 4.69) is 23.5 Å². The van der Waals surface area contributed by atoms with Crippen molar-refractivity contribution in [3.8, 4) is 0 Å². The molecule has 2 aromatic rings. The Balaban J connectivity index is 1.24. The number of hydrogen-bond acceptors (Lipinski definition) is 12. The van der Waals surface area contributed by atoms with Gasteiger partial charge in [-0.1, -0.05) is 38.2 Å². The molecule has 10 atom stereocenters. The van der Waals surface area contributed by atoms with E-state index in [0.29, 0.717) is 41.4 Å². The second kappa shape index (κ2) is 12.7. The van der Waals surface area contributed by atoms with Gasteiger partial charge in [-0.25, -0.2) is 4.79 Å². The van der Waals surface area contributed by atoms with Crippen LogP contribution in [0.1, 0.15) is 45.1 Å². The van der Waals surface area contributed by atoms with Gasteiger partial charge in [0.05, 0.1) is 30.3 Å². The second-order valence-electron chi connectivity index (χ2n) is 14.0. The quantitative estimate of drug-likeness (QED) is 0.124. The first-order chi connectivity index (χ1) is 22.7. The first kappa shape index (κ1) is 34.2. The summed E-state index contributed by atoms with van der Waals surface area (Å²) >= 11 is 0. The predicted molar refractivity (Wildman–Crippen MR) is 174 cm³/mol. The minimum Gasteiger partial charge on any atom is -0.423 e. The van der Waals surface area contributed by atoms with Gasteiger partial charge in [0.1, 0.15) is 35.8 Å². The van der Waals surface area contributed by atoms with E-state index in [1.807, 2.05) is 13.0 Å². The Kier molecular flexibility index (Phi) is 9.04. The van der Waals surface area contributed by atoms with Gasteiger partial charge in [0.2, 0.25) is 5.95 Å². The number of nitrogens with two attached hydrogens (primary N) is 1. The zero-order valence-electron chi connectivity index (χ0n) is 27.2. The summed E-state index contributed by atoms with van der Waals surface area (Å²) in [7, 11) is 1.74. The van der Waals surface area contributed by atoms with Crippen LogP contribution in [0, 0.1) is 22.7 Å². The molecule has 2 aliphatic carbocycles. The zero-order chi connectivity index (χ0) is 34.7. The van der Waals surface area contributed by atoms with Crippen LogP contribution in [0.5, 0.6) is 0 Å². The van der Waals surface area contributed by atoms with E-state index in [0.717, 1.165) is 12.0 Å². The third kappa shape index (κ3) is 5.64. The average Bonchev–Trinajstić information content (AvgIpc) is 3.55. The molecule has 0 radical (unpaired) electrons. The van der Waals surface area contributed by atoms with E-state index >= 15 is 0 Å². The van der Waals surface area contributed by atoms with E-state index < -0.39 is 60.4 Å². The van der Waals surface area contributed by atoms with Crippen molar-refractivity contribution in [2.24, 2.45) is 29.7 Å². The topological polar surface area (TPSA) is 223 Å². The molecule has 2 saturated carbocycles. The fourth-order valence-electron chi connectivity index (χ4n) is 8.43. The molecule has 2 aliphatic heterocycles. The lowest BCUT2D eigenvalue weighted by Crippen LogP contribution is -2.63. The summed E-state index contributed by atoms with van der Waals surface area (Å²) < 4.78 is 19.1. The highest BCUT2D eigenvalue weighted by Gasteiger charge is 2.59. The van der Waals surface area contributed by atoms with E-state index in [4.69, 9.17) is 19.9 Å². The van der Waals surface area contributed by atoms with Crippen molar-refractivity contribution in [2.45, 2.75) is 76.3 Å². The van der Waals surface area contributed by atoms with Gasteiger partial charge < -0.3 is 50.0 Å². The average molecular weight is 669 g/mol. The monoisotopic (exact) mass is 668 g/mol. The molecule has 14 nitrogen and oxygen atoms in total. The number of nitrogens with zero attached hydrogens (tertiary/aromatic N) is 2. The van der Waals surface area contributed by atoms with Crippen molar-refractivity contribution in [2.75, 3.05) is 18.9 Å². The normalized spacial score (nSPS) is 38.1. The molecule has 2 aromatic heterocycles. The first-order valence-electron chi connectivity index (χ1n) is 16.1. The third-order valence-electron chi connectivity index (χ3n) is 11.0. The number of carbonyl (C=O) groups is 1. The molecule has 0 bridgehead atoms. The highest BCUT2D eigenvalue weighted by Crippen LogP contribution is 2.62. The molecular formula is C34H44N4O10. The molecule has 260 valence electrons. The van der Waals surface area contributed by atoms with Crippen molar-refractivity contribution < 1.29 is 44.5 Å². The number of nitrogens with one attached hydrogen (secondary N) is 1. The number of aryl methyl sites for hydroxylation is 1. The Morgan fingerprint density at radius 1 is 1.19 bits per heavy atom. The molecule has 4 aliphatic rings. The molecule has 0 aromatic carbocycles. The molecule has 7 unspecified atom stereocenters. The van der Waals surface area contributed by atoms with Gasteiger partial charge in [0, 0.05) is 30.1 Å². The summed E-state index contributed by atoms with van der Waals surface area (Å²) in [5.41, 5.74) is 6.40. The summed E-state index contributed by atoms with van der Waals surface area (Å²) in [6, 6.07) is 0. The van der Waals surface area contributed by atoms with Gasteiger partial charge in [-0.15, -0.1) is 0 Å². The van der Waals surface area contributed by atoms with Crippen LogP contribution in [0.2, 0.25) is 0 Å². The van der Waals surface area contributed by atoms with Crippen molar-refractivity contribution >= 4 is 29.0 Å². The lowest BCUT2D eigenvalue weighted by atomic mass is 9.46. The van der Waals surface area contributed by atoms with Crippen LogP contribution in [0.15, 0.2) is 52.7 Å². The summed E-state index contributed by atoms with van der Waals surface area (Å²) in [4.78, 5) is 32.2. The minimum atomic E-state index is -1.57. The summed E-state index contributed by atoms with van der Waals surface area (Å²) in [5.74, 6) is -0.472. The van der Waals surface area contributed by atoms with Crippen LogP contribution in [-0.2, 0) is 26.1 Å². The molecule has 4 heterocycles. The van der Waals surface area contributed by atoms with E-state index in [9.17, 15) is 35.1 Å². The van der Waals surface area contributed by atoms with Gasteiger partial charge in [0.15, 0.2) is 6.29 Å². The van der Waals surface area contributed by atoms with Crippen molar-refractivity contribution in [3.05, 3.63) is 63.8 Å². The molecule has 48 heavy (non-hydrogen) atoms. The molecular weight excluding hydrogens is 624 g/mol. The van der Waals surface area contributed by atoms with E-state index in [1.54, 1.807) is 36.0 Å². The maximum absolute atomic E-state index is 12.9. The van der Waals surface area contributed by atoms with E-state index in [-0.39, 0.29) is 35.6 Å². The number of carbonyl (C=O) groups excluding carboxylic acids is 1. The SMILES string of the molecule is C=C1CCC2[C@](C)(CC[C@@H](OC3OC(CO)C(O)C(O)C3O)[C@@]2(C)CO)C1C=CC1=C/C(=C\c2cn(C)c3nc(N)[nH]c(=O)c23)OC1=O. The third-order valence-corrected chi connectivity index (χ3v) is 11.0. The largest absolute Gasteiger partial charge is 0.423 e. The van der Waals surface area contributed by atoms with Crippen molar-refractivity contribution in [1.29, 1.82) is 0 Å². The standard InChI is InChI=1S/C34H44N4O10/c1-16-5-8-22-33(2,10-9-23(34(22,3)15-40)48-31-27(43)26(42)25(41)21(14-39)47-31)20(16)7-6-17-11-19(46-30(17)45)12-18-13-38(4)28-24(18)29(44)37-32(35)36-28/h6-7,11-13,20-23,25-27,31,39-43H,1,5,8-10,14-15H2,2-4H3,(H3,35,36,37,44)/b7-6?,19-12+/t20?,21?,22?,23-,25?,26?,27?,31?,33-,34+/m1/s1. The number of aliphatic hydroxyl groups is 5. The number of allylic oxidation sites excluding steroid dienone is 3. The Morgan fingerprint density at radius 3 is 2.65 bits per heavy atom. The van der Waals surface area contributed by atoms with E-state index in [1.165, 1.54) is 0 Å². The number of aromatic amines is 1. The molecule has 1 saturated heterocycles. The summed E-state index contributed by atoms with van der Waals surface area (Å²) in [6.45, 7) is 7.68. The smallest absolute Gasteiger partial charge is 0.343 e. The number of rotatable bonds is 7. The van der Waals surface area contributed by atoms with Gasteiger partial charge in [-0.05, 0) is 49.2 Å². The number of aliphatic hydroxyl groups excluding tert-OH is 5. The number of anilines is 1. The number of hydrogen-bond donors (Lipinski definition) is 7.